The van der Waals surface area contributed by atoms with Crippen LogP contribution in [0.4, 0.5) is 0 Å². The summed E-state index contributed by atoms with van der Waals surface area (Å²) < 4.78 is 4.89. The monoisotopic (exact) mass is 266 g/mol. The highest BCUT2D eigenvalue weighted by atomic mass is 32.2. The van der Waals surface area contributed by atoms with E-state index in [2.05, 4.69) is 0 Å². The molecule has 0 amide bonds. The molecule has 0 heterocycles. The van der Waals surface area contributed by atoms with E-state index < -0.39 is 0 Å². The van der Waals surface area contributed by atoms with Gasteiger partial charge in [-0.2, -0.15) is 0 Å². The van der Waals surface area contributed by atoms with Gasteiger partial charge >= 0.3 is 5.97 Å². The molecule has 0 N–H and O–H groups in total. The molecule has 98 valence electrons. The van der Waals surface area contributed by atoms with Crippen LogP contribution in [0.2, 0.25) is 0 Å². The lowest BCUT2D eigenvalue weighted by Gasteiger charge is -2.09. The van der Waals surface area contributed by atoms with Gasteiger partial charge in [0, 0.05) is 11.3 Å². The maximum Gasteiger partial charge on any atom is 0.309 e. The van der Waals surface area contributed by atoms with Crippen LogP contribution in [-0.4, -0.2) is 23.4 Å². The van der Waals surface area contributed by atoms with E-state index >= 15 is 0 Å². The SMILES string of the molecule is CCOC(=O)[C@@H](C)CSC(=O)c1ccc(C)cc1. The van der Waals surface area contributed by atoms with Crippen molar-refractivity contribution in [3.05, 3.63) is 35.4 Å². The number of esters is 1. The molecule has 0 saturated carbocycles. The molecule has 4 heteroatoms. The molecule has 1 atom stereocenters. The molecule has 0 radical (unpaired) electrons. The third-order valence-electron chi connectivity index (χ3n) is 2.44. The number of benzene rings is 1. The van der Waals surface area contributed by atoms with Gasteiger partial charge in [0.2, 0.25) is 5.12 Å². The highest BCUT2D eigenvalue weighted by Crippen LogP contribution is 2.17. The molecule has 0 fully saturated rings. The van der Waals surface area contributed by atoms with Crippen molar-refractivity contribution in [2.75, 3.05) is 12.4 Å². The Hall–Kier alpha value is -1.29. The average Bonchev–Trinajstić information content (AvgIpc) is 2.36. The summed E-state index contributed by atoms with van der Waals surface area (Å²) in [5.74, 6) is -0.0583. The number of carbonyl (C=O) groups excluding carboxylic acids is 2. The quantitative estimate of drug-likeness (QED) is 0.768. The fraction of sp³-hybridized carbons (Fsp3) is 0.429. The van der Waals surface area contributed by atoms with E-state index in [1.54, 1.807) is 26.0 Å². The van der Waals surface area contributed by atoms with Gasteiger partial charge < -0.3 is 4.74 Å². The van der Waals surface area contributed by atoms with Gasteiger partial charge in [-0.25, -0.2) is 0 Å². The van der Waals surface area contributed by atoms with Crippen LogP contribution in [0.1, 0.15) is 29.8 Å². The zero-order valence-electron chi connectivity index (χ0n) is 10.9. The Morgan fingerprint density at radius 2 is 1.89 bits per heavy atom. The molecule has 3 nitrogen and oxygen atoms in total. The van der Waals surface area contributed by atoms with Crippen LogP contribution in [-0.2, 0) is 9.53 Å². The first kappa shape index (κ1) is 14.8. The minimum atomic E-state index is -0.260. The highest BCUT2D eigenvalue weighted by molar-refractivity contribution is 8.14. The Morgan fingerprint density at radius 3 is 2.44 bits per heavy atom. The fourth-order valence-corrected chi connectivity index (χ4v) is 2.17. The predicted molar refractivity (Wildman–Crippen MR) is 73.8 cm³/mol. The van der Waals surface area contributed by atoms with Crippen molar-refractivity contribution >= 4 is 22.8 Å². The molecule has 0 saturated heterocycles. The smallest absolute Gasteiger partial charge is 0.309 e. The van der Waals surface area contributed by atoms with Crippen molar-refractivity contribution in [2.45, 2.75) is 20.8 Å². The molecule has 1 aromatic rings. The van der Waals surface area contributed by atoms with Crippen molar-refractivity contribution < 1.29 is 14.3 Å². The summed E-state index contributed by atoms with van der Waals surface area (Å²) in [6.07, 6.45) is 0. The van der Waals surface area contributed by atoms with Crippen molar-refractivity contribution in [3.63, 3.8) is 0 Å². The van der Waals surface area contributed by atoms with Gasteiger partial charge in [-0.15, -0.1) is 0 Å². The maximum atomic E-state index is 11.9. The first-order chi connectivity index (χ1) is 8.54. The summed E-state index contributed by atoms with van der Waals surface area (Å²) in [5, 5.41) is -0.00820. The predicted octanol–water partition coefficient (Wildman–Crippen LogP) is 3.07. The molecule has 0 bridgehead atoms. The third kappa shape index (κ3) is 4.53. The lowest BCUT2D eigenvalue weighted by atomic mass is 10.2. The van der Waals surface area contributed by atoms with Gasteiger partial charge in [-0.05, 0) is 13.8 Å². The minimum Gasteiger partial charge on any atom is -0.466 e. The number of hydrogen-bond donors (Lipinski definition) is 0. The second-order valence-corrected chi connectivity index (χ2v) is 5.11. The first-order valence-electron chi connectivity index (χ1n) is 5.95. The zero-order chi connectivity index (χ0) is 13.5. The molecular weight excluding hydrogens is 248 g/mol. The van der Waals surface area contributed by atoms with Crippen LogP contribution < -0.4 is 0 Å². The standard InChI is InChI=1S/C14H18O3S/c1-4-17-13(15)11(3)9-18-14(16)12-7-5-10(2)6-8-12/h5-8,11H,4,9H2,1-3H3/t11-/m0/s1. The number of hydrogen-bond acceptors (Lipinski definition) is 4. The summed E-state index contributed by atoms with van der Waals surface area (Å²) in [6, 6.07) is 7.42. The number of aryl methyl sites for hydroxylation is 1. The normalized spacial score (nSPS) is 11.9. The second kappa shape index (κ2) is 7.21. The molecule has 0 aliphatic carbocycles. The van der Waals surface area contributed by atoms with Gasteiger partial charge in [-0.1, -0.05) is 48.5 Å². The zero-order valence-corrected chi connectivity index (χ0v) is 11.8. The molecule has 0 unspecified atom stereocenters. The summed E-state index contributed by atoms with van der Waals surface area (Å²) >= 11 is 1.16. The largest absolute Gasteiger partial charge is 0.466 e. The van der Waals surface area contributed by atoms with Crippen LogP contribution in [0.5, 0.6) is 0 Å². The van der Waals surface area contributed by atoms with E-state index in [4.69, 9.17) is 4.74 Å². The molecular formula is C14H18O3S. The van der Waals surface area contributed by atoms with Crippen LogP contribution in [0.25, 0.3) is 0 Å². The van der Waals surface area contributed by atoms with E-state index in [1.807, 2.05) is 19.1 Å². The summed E-state index contributed by atoms with van der Waals surface area (Å²) in [4.78, 5) is 23.2. The minimum absolute atomic E-state index is 0.00820. The van der Waals surface area contributed by atoms with Crippen molar-refractivity contribution in [1.29, 1.82) is 0 Å². The third-order valence-corrected chi connectivity index (χ3v) is 3.61. The summed E-state index contributed by atoms with van der Waals surface area (Å²) in [6.45, 7) is 5.90. The molecule has 0 aliphatic rings. The Kier molecular flexibility index (Phi) is 5.92. The van der Waals surface area contributed by atoms with Crippen molar-refractivity contribution in [2.24, 2.45) is 5.92 Å². The van der Waals surface area contributed by atoms with E-state index in [0.29, 0.717) is 17.9 Å². The van der Waals surface area contributed by atoms with Crippen LogP contribution in [0.15, 0.2) is 24.3 Å². The van der Waals surface area contributed by atoms with Gasteiger partial charge in [0.05, 0.1) is 12.5 Å². The first-order valence-corrected chi connectivity index (χ1v) is 6.93. The van der Waals surface area contributed by atoms with Crippen molar-refractivity contribution in [1.82, 2.24) is 0 Å². The Balaban J connectivity index is 2.46. The lowest BCUT2D eigenvalue weighted by molar-refractivity contribution is -0.146. The van der Waals surface area contributed by atoms with Crippen LogP contribution in [0, 0.1) is 12.8 Å². The maximum absolute atomic E-state index is 11.9. The molecule has 1 rings (SSSR count). The van der Waals surface area contributed by atoms with E-state index in [-0.39, 0.29) is 17.0 Å². The highest BCUT2D eigenvalue weighted by Gasteiger charge is 2.16. The molecule has 1 aromatic carbocycles. The fourth-order valence-electron chi connectivity index (χ4n) is 1.33. The number of rotatable bonds is 5. The van der Waals surface area contributed by atoms with Gasteiger partial charge in [0.15, 0.2) is 0 Å². The second-order valence-electron chi connectivity index (χ2n) is 4.12. The lowest BCUT2D eigenvalue weighted by Crippen LogP contribution is -2.17. The molecule has 0 aromatic heterocycles. The van der Waals surface area contributed by atoms with E-state index in [0.717, 1.165) is 17.3 Å². The Morgan fingerprint density at radius 1 is 1.28 bits per heavy atom. The van der Waals surface area contributed by atoms with Crippen LogP contribution >= 0.6 is 11.8 Å². The summed E-state index contributed by atoms with van der Waals surface area (Å²) in [7, 11) is 0. The van der Waals surface area contributed by atoms with Crippen molar-refractivity contribution in [3.8, 4) is 0 Å². The molecule has 18 heavy (non-hydrogen) atoms. The number of thioether (sulfide) groups is 1. The Labute approximate surface area is 112 Å². The van der Waals surface area contributed by atoms with E-state index in [9.17, 15) is 9.59 Å². The van der Waals surface area contributed by atoms with Gasteiger partial charge in [0.1, 0.15) is 0 Å². The van der Waals surface area contributed by atoms with Gasteiger partial charge in [0.25, 0.3) is 0 Å². The molecule has 0 aliphatic heterocycles. The topological polar surface area (TPSA) is 43.4 Å². The average molecular weight is 266 g/mol. The molecule has 0 spiro atoms. The van der Waals surface area contributed by atoms with Gasteiger partial charge in [-0.3, -0.25) is 9.59 Å². The summed E-state index contributed by atoms with van der Waals surface area (Å²) in [5.41, 5.74) is 1.79. The van der Waals surface area contributed by atoms with Crippen LogP contribution in [0.3, 0.4) is 0 Å². The number of carbonyl (C=O) groups is 2. The Bertz CT molecular complexity index is 412. The number of ether oxygens (including phenoxy) is 1. The van der Waals surface area contributed by atoms with E-state index in [1.165, 1.54) is 0 Å².